The lowest BCUT2D eigenvalue weighted by Crippen LogP contribution is -2.10. The molecule has 0 spiro atoms. The SMILES string of the molecule is CC(C)C1c2ccccc2SCc2c(Br)cccc21. The van der Waals surface area contributed by atoms with Crippen LogP contribution in [0.2, 0.25) is 0 Å². The number of hydrogen-bond acceptors (Lipinski definition) is 1. The molecule has 0 N–H and O–H groups in total. The molecule has 2 aromatic rings. The van der Waals surface area contributed by atoms with Crippen LogP contribution in [0.4, 0.5) is 0 Å². The van der Waals surface area contributed by atoms with Gasteiger partial charge < -0.3 is 0 Å². The van der Waals surface area contributed by atoms with Crippen molar-refractivity contribution in [3.63, 3.8) is 0 Å². The Morgan fingerprint density at radius 3 is 2.58 bits per heavy atom. The normalized spacial score (nSPS) is 17.8. The van der Waals surface area contributed by atoms with Gasteiger partial charge in [0.25, 0.3) is 0 Å². The Morgan fingerprint density at radius 2 is 1.79 bits per heavy atom. The molecule has 0 nitrogen and oxygen atoms in total. The van der Waals surface area contributed by atoms with Crippen LogP contribution in [0.25, 0.3) is 0 Å². The largest absolute Gasteiger partial charge is 0.121 e. The van der Waals surface area contributed by atoms with Crippen molar-refractivity contribution in [3.8, 4) is 0 Å². The molecule has 19 heavy (non-hydrogen) atoms. The van der Waals surface area contributed by atoms with Crippen molar-refractivity contribution in [3.05, 3.63) is 63.6 Å². The molecule has 0 amide bonds. The molecule has 0 radical (unpaired) electrons. The molecule has 0 aromatic heterocycles. The Hall–Kier alpha value is -0.730. The highest BCUT2D eigenvalue weighted by molar-refractivity contribution is 9.10. The Labute approximate surface area is 127 Å². The second-order valence-corrected chi connectivity index (χ2v) is 7.23. The van der Waals surface area contributed by atoms with Crippen molar-refractivity contribution >= 4 is 27.7 Å². The van der Waals surface area contributed by atoms with Crippen LogP contribution in [-0.4, -0.2) is 0 Å². The quantitative estimate of drug-likeness (QED) is 0.631. The molecule has 98 valence electrons. The van der Waals surface area contributed by atoms with Crippen molar-refractivity contribution < 1.29 is 0 Å². The third-order valence-electron chi connectivity index (χ3n) is 3.78. The van der Waals surface area contributed by atoms with Gasteiger partial charge in [0, 0.05) is 21.0 Å². The predicted molar refractivity (Wildman–Crippen MR) is 86.8 cm³/mol. The van der Waals surface area contributed by atoms with Gasteiger partial charge in [0.2, 0.25) is 0 Å². The summed E-state index contributed by atoms with van der Waals surface area (Å²) in [5.74, 6) is 2.16. The van der Waals surface area contributed by atoms with E-state index in [-0.39, 0.29) is 0 Å². The van der Waals surface area contributed by atoms with Crippen molar-refractivity contribution in [2.24, 2.45) is 5.92 Å². The first-order chi connectivity index (χ1) is 9.18. The van der Waals surface area contributed by atoms with E-state index < -0.39 is 0 Å². The first-order valence-corrected chi connectivity index (χ1v) is 8.45. The van der Waals surface area contributed by atoms with Gasteiger partial charge in [-0.15, -0.1) is 11.8 Å². The molecule has 0 saturated carbocycles. The highest BCUT2D eigenvalue weighted by atomic mass is 79.9. The van der Waals surface area contributed by atoms with Crippen molar-refractivity contribution in [1.82, 2.24) is 0 Å². The van der Waals surface area contributed by atoms with Crippen molar-refractivity contribution in [2.75, 3.05) is 0 Å². The van der Waals surface area contributed by atoms with Gasteiger partial charge in [-0.25, -0.2) is 0 Å². The maximum Gasteiger partial charge on any atom is 0.0246 e. The number of hydrogen-bond donors (Lipinski definition) is 0. The number of rotatable bonds is 1. The lowest BCUT2D eigenvalue weighted by atomic mass is 9.81. The molecule has 2 aromatic carbocycles. The van der Waals surface area contributed by atoms with E-state index in [1.54, 1.807) is 0 Å². The Morgan fingerprint density at radius 1 is 1.05 bits per heavy atom. The Bertz CT molecular complexity index is 604. The maximum atomic E-state index is 3.72. The first-order valence-electron chi connectivity index (χ1n) is 6.67. The smallest absolute Gasteiger partial charge is 0.0246 e. The molecule has 0 saturated heterocycles. The lowest BCUT2D eigenvalue weighted by Gasteiger charge is -2.24. The zero-order chi connectivity index (χ0) is 13.4. The summed E-state index contributed by atoms with van der Waals surface area (Å²) in [6.45, 7) is 4.64. The van der Waals surface area contributed by atoms with Crippen LogP contribution >= 0.6 is 27.7 Å². The van der Waals surface area contributed by atoms with Crippen LogP contribution in [0.1, 0.15) is 36.5 Å². The number of halogens is 1. The van der Waals surface area contributed by atoms with Crippen molar-refractivity contribution in [1.29, 1.82) is 0 Å². The van der Waals surface area contributed by atoms with Gasteiger partial charge in [-0.2, -0.15) is 0 Å². The third-order valence-corrected chi connectivity index (χ3v) is 5.64. The van der Waals surface area contributed by atoms with Crippen LogP contribution in [0.5, 0.6) is 0 Å². The van der Waals surface area contributed by atoms with Gasteiger partial charge in [0.15, 0.2) is 0 Å². The summed E-state index contributed by atoms with van der Waals surface area (Å²) >= 11 is 5.68. The van der Waals surface area contributed by atoms with E-state index in [1.165, 1.54) is 26.1 Å². The van der Waals surface area contributed by atoms with E-state index in [4.69, 9.17) is 0 Å². The van der Waals surface area contributed by atoms with Gasteiger partial charge in [-0.1, -0.05) is 60.1 Å². The minimum Gasteiger partial charge on any atom is -0.121 e. The summed E-state index contributed by atoms with van der Waals surface area (Å²) in [4.78, 5) is 1.43. The second kappa shape index (κ2) is 5.34. The van der Waals surface area contributed by atoms with Crippen LogP contribution in [0, 0.1) is 5.92 Å². The van der Waals surface area contributed by atoms with E-state index >= 15 is 0 Å². The average molecular weight is 333 g/mol. The molecule has 1 aliphatic rings. The molecule has 1 atom stereocenters. The summed E-state index contributed by atoms with van der Waals surface area (Å²) in [6, 6.07) is 15.5. The molecule has 2 heteroatoms. The van der Waals surface area contributed by atoms with Gasteiger partial charge in [-0.3, -0.25) is 0 Å². The molecule has 0 aliphatic carbocycles. The van der Waals surface area contributed by atoms with E-state index in [2.05, 4.69) is 72.2 Å². The van der Waals surface area contributed by atoms with Gasteiger partial charge in [-0.05, 0) is 34.7 Å². The van der Waals surface area contributed by atoms with Gasteiger partial charge in [0.1, 0.15) is 0 Å². The minimum absolute atomic E-state index is 0.499. The minimum atomic E-state index is 0.499. The number of fused-ring (bicyclic) bond motifs is 2. The topological polar surface area (TPSA) is 0 Å². The Balaban J connectivity index is 2.24. The predicted octanol–water partition coefficient (Wildman–Crippen LogP) is 5.84. The Kier molecular flexibility index (Phi) is 3.72. The standard InChI is InChI=1S/C17H17BrS/c1-11(2)17-12-7-5-8-15(18)14(12)10-19-16-9-4-3-6-13(16)17/h3-9,11,17H,10H2,1-2H3. The van der Waals surface area contributed by atoms with Crippen LogP contribution < -0.4 is 0 Å². The van der Waals surface area contributed by atoms with E-state index in [1.807, 2.05) is 11.8 Å². The zero-order valence-corrected chi connectivity index (χ0v) is 13.6. The molecular formula is C17H17BrS. The number of benzene rings is 2. The fourth-order valence-corrected chi connectivity index (χ4v) is 4.79. The highest BCUT2D eigenvalue weighted by Gasteiger charge is 2.26. The summed E-state index contributed by atoms with van der Waals surface area (Å²) in [6.07, 6.45) is 0. The zero-order valence-electron chi connectivity index (χ0n) is 11.2. The van der Waals surface area contributed by atoms with E-state index in [0.29, 0.717) is 11.8 Å². The second-order valence-electron chi connectivity index (χ2n) is 5.36. The van der Waals surface area contributed by atoms with E-state index in [0.717, 1.165) is 5.75 Å². The summed E-state index contributed by atoms with van der Waals surface area (Å²) in [7, 11) is 0. The molecule has 0 bridgehead atoms. The van der Waals surface area contributed by atoms with Gasteiger partial charge >= 0.3 is 0 Å². The molecule has 1 unspecified atom stereocenters. The molecule has 3 rings (SSSR count). The summed E-state index contributed by atoms with van der Waals surface area (Å²) < 4.78 is 1.25. The lowest BCUT2D eigenvalue weighted by molar-refractivity contribution is 0.556. The van der Waals surface area contributed by atoms with Gasteiger partial charge in [0.05, 0.1) is 0 Å². The van der Waals surface area contributed by atoms with Crippen LogP contribution in [0.15, 0.2) is 51.8 Å². The molecule has 0 fully saturated rings. The number of thioether (sulfide) groups is 1. The fourth-order valence-electron chi connectivity index (χ4n) is 2.92. The first kappa shape index (κ1) is 13.3. The molecule has 1 heterocycles. The van der Waals surface area contributed by atoms with Crippen LogP contribution in [0.3, 0.4) is 0 Å². The third kappa shape index (κ3) is 2.36. The maximum absolute atomic E-state index is 3.72. The summed E-state index contributed by atoms with van der Waals surface area (Å²) in [5.41, 5.74) is 4.43. The summed E-state index contributed by atoms with van der Waals surface area (Å²) in [5, 5.41) is 0. The van der Waals surface area contributed by atoms with Crippen molar-refractivity contribution in [2.45, 2.75) is 30.4 Å². The monoisotopic (exact) mass is 332 g/mol. The molecule has 1 aliphatic heterocycles. The van der Waals surface area contributed by atoms with Crippen LogP contribution in [-0.2, 0) is 5.75 Å². The van der Waals surface area contributed by atoms with E-state index in [9.17, 15) is 0 Å². The molecular weight excluding hydrogens is 316 g/mol. The average Bonchev–Trinajstić information content (AvgIpc) is 2.56. The highest BCUT2D eigenvalue weighted by Crippen LogP contribution is 2.45. The fraction of sp³-hybridized carbons (Fsp3) is 0.294.